The number of hydrogen-bond donors (Lipinski definition) is 2. The first kappa shape index (κ1) is 17.9. The Balaban J connectivity index is 2.58. The van der Waals surface area contributed by atoms with Crippen molar-refractivity contribution in [2.24, 2.45) is 5.41 Å². The summed E-state index contributed by atoms with van der Waals surface area (Å²) in [5.41, 5.74) is 0.409. The molecule has 120 valence electrons. The van der Waals surface area contributed by atoms with Crippen LogP contribution in [-0.2, 0) is 0 Å². The van der Waals surface area contributed by atoms with Crippen LogP contribution in [0, 0.1) is 5.41 Å². The van der Waals surface area contributed by atoms with Crippen LogP contribution in [0.1, 0.15) is 66.2 Å². The molecule has 0 saturated carbocycles. The molecule has 0 aromatic carbocycles. The molecule has 0 spiro atoms. The fraction of sp³-hybridized carbons (Fsp3) is 1.00. The molecule has 2 N–H and O–H groups in total. The second-order valence-electron chi connectivity index (χ2n) is 6.88. The lowest BCUT2D eigenvalue weighted by atomic mass is 9.81. The zero-order chi connectivity index (χ0) is 15.0. The highest BCUT2D eigenvalue weighted by Crippen LogP contribution is 2.31. The minimum absolute atomic E-state index is 0.339. The summed E-state index contributed by atoms with van der Waals surface area (Å²) in [6, 6.07) is 1.27. The largest absolute Gasteiger partial charge is 0.396 e. The Hall–Kier alpha value is -0.120. The number of hydrogen-bond acceptors (Lipinski definition) is 3. The topological polar surface area (TPSA) is 35.5 Å². The molecule has 0 bridgehead atoms. The third-order valence-corrected chi connectivity index (χ3v) is 5.12. The lowest BCUT2D eigenvalue weighted by Gasteiger charge is -2.39. The molecule has 1 aliphatic rings. The van der Waals surface area contributed by atoms with E-state index in [1.165, 1.54) is 38.8 Å². The van der Waals surface area contributed by atoms with Gasteiger partial charge in [-0.25, -0.2) is 0 Å². The molecule has 1 unspecified atom stereocenters. The molecule has 1 saturated heterocycles. The van der Waals surface area contributed by atoms with E-state index in [4.69, 9.17) is 5.11 Å². The minimum atomic E-state index is 0.339. The predicted octanol–water partition coefficient (Wildman–Crippen LogP) is 3.03. The molecule has 0 aromatic heterocycles. The van der Waals surface area contributed by atoms with Crippen LogP contribution in [0.3, 0.4) is 0 Å². The van der Waals surface area contributed by atoms with E-state index in [2.05, 4.69) is 37.9 Å². The number of nitrogens with zero attached hydrogens (tertiary/aromatic N) is 1. The maximum absolute atomic E-state index is 9.05. The fourth-order valence-electron chi connectivity index (χ4n) is 3.39. The van der Waals surface area contributed by atoms with Crippen LogP contribution in [-0.4, -0.2) is 48.3 Å². The van der Waals surface area contributed by atoms with Crippen molar-refractivity contribution in [1.82, 2.24) is 10.2 Å². The molecule has 0 amide bonds. The molecule has 0 aliphatic carbocycles. The average molecular weight is 284 g/mol. The van der Waals surface area contributed by atoms with Crippen molar-refractivity contribution in [3.05, 3.63) is 0 Å². The van der Waals surface area contributed by atoms with E-state index in [9.17, 15) is 0 Å². The zero-order valence-electron chi connectivity index (χ0n) is 14.1. The van der Waals surface area contributed by atoms with E-state index in [-0.39, 0.29) is 0 Å². The highest BCUT2D eigenvalue weighted by atomic mass is 16.2. The van der Waals surface area contributed by atoms with Crippen LogP contribution in [0.5, 0.6) is 0 Å². The van der Waals surface area contributed by atoms with Crippen molar-refractivity contribution >= 4 is 0 Å². The molecule has 1 aliphatic heterocycles. The van der Waals surface area contributed by atoms with Gasteiger partial charge in [-0.05, 0) is 50.5 Å². The van der Waals surface area contributed by atoms with Gasteiger partial charge in [0.1, 0.15) is 0 Å². The summed E-state index contributed by atoms with van der Waals surface area (Å²) in [4.78, 5) is 2.70. The van der Waals surface area contributed by atoms with Gasteiger partial charge in [-0.2, -0.15) is 0 Å². The number of nitrogens with one attached hydrogen (secondary N) is 1. The van der Waals surface area contributed by atoms with E-state index >= 15 is 0 Å². The van der Waals surface area contributed by atoms with Crippen LogP contribution >= 0.6 is 0 Å². The Labute approximate surface area is 126 Å². The Morgan fingerprint density at radius 3 is 2.55 bits per heavy atom. The van der Waals surface area contributed by atoms with Crippen molar-refractivity contribution in [1.29, 1.82) is 0 Å². The van der Waals surface area contributed by atoms with Crippen LogP contribution in [0.15, 0.2) is 0 Å². The third kappa shape index (κ3) is 5.34. The van der Waals surface area contributed by atoms with Crippen molar-refractivity contribution < 1.29 is 5.11 Å². The minimum Gasteiger partial charge on any atom is -0.396 e. The van der Waals surface area contributed by atoms with E-state index in [1.54, 1.807) is 0 Å². The van der Waals surface area contributed by atoms with Gasteiger partial charge in [0, 0.05) is 31.8 Å². The molecule has 3 heteroatoms. The van der Waals surface area contributed by atoms with Crippen molar-refractivity contribution in [3.8, 4) is 0 Å². The summed E-state index contributed by atoms with van der Waals surface area (Å²) in [6.45, 7) is 13.1. The zero-order valence-corrected chi connectivity index (χ0v) is 14.1. The lowest BCUT2D eigenvalue weighted by molar-refractivity contribution is 0.115. The summed E-state index contributed by atoms with van der Waals surface area (Å²) in [6.07, 6.45) is 7.26. The van der Waals surface area contributed by atoms with Gasteiger partial charge in [0.2, 0.25) is 0 Å². The molecule has 1 fully saturated rings. The Bertz CT molecular complexity index is 251. The van der Waals surface area contributed by atoms with Crippen LogP contribution in [0.25, 0.3) is 0 Å². The molecular formula is C17H36N2O. The smallest absolute Gasteiger partial charge is 0.0431 e. The summed E-state index contributed by atoms with van der Waals surface area (Å²) < 4.78 is 0. The maximum Gasteiger partial charge on any atom is 0.0431 e. The fourth-order valence-corrected chi connectivity index (χ4v) is 3.39. The first-order chi connectivity index (χ1) is 9.56. The van der Waals surface area contributed by atoms with Crippen molar-refractivity contribution in [2.45, 2.75) is 78.3 Å². The molecule has 1 heterocycles. The molecule has 0 aromatic rings. The van der Waals surface area contributed by atoms with E-state index in [0.717, 1.165) is 19.4 Å². The number of likely N-dealkylation sites (tertiary alicyclic amines) is 1. The van der Waals surface area contributed by atoms with Crippen molar-refractivity contribution in [3.63, 3.8) is 0 Å². The molecule has 20 heavy (non-hydrogen) atoms. The summed E-state index contributed by atoms with van der Waals surface area (Å²) in [5, 5.41) is 12.7. The first-order valence-corrected chi connectivity index (χ1v) is 8.65. The number of rotatable bonds is 10. The van der Waals surface area contributed by atoms with Crippen LogP contribution < -0.4 is 5.32 Å². The van der Waals surface area contributed by atoms with Crippen LogP contribution in [0.2, 0.25) is 0 Å². The van der Waals surface area contributed by atoms with Gasteiger partial charge in [-0.3, -0.25) is 4.90 Å². The monoisotopic (exact) mass is 284 g/mol. The Kier molecular flexibility index (Phi) is 8.08. The second kappa shape index (κ2) is 9.01. The second-order valence-corrected chi connectivity index (χ2v) is 6.88. The van der Waals surface area contributed by atoms with Gasteiger partial charge >= 0.3 is 0 Å². The summed E-state index contributed by atoms with van der Waals surface area (Å²) in [7, 11) is 0. The first-order valence-electron chi connectivity index (χ1n) is 8.65. The number of aliphatic hydroxyl groups is 1. The maximum atomic E-state index is 9.05. The highest BCUT2D eigenvalue weighted by Gasteiger charge is 2.33. The average Bonchev–Trinajstić information content (AvgIpc) is 2.88. The van der Waals surface area contributed by atoms with E-state index in [1.807, 2.05) is 0 Å². The molecule has 0 radical (unpaired) electrons. The van der Waals surface area contributed by atoms with Gasteiger partial charge in [0.25, 0.3) is 0 Å². The van der Waals surface area contributed by atoms with Gasteiger partial charge in [-0.15, -0.1) is 0 Å². The summed E-state index contributed by atoms with van der Waals surface area (Å²) in [5.74, 6) is 0. The van der Waals surface area contributed by atoms with Gasteiger partial charge < -0.3 is 10.4 Å². The molecule has 3 nitrogen and oxygen atoms in total. The summed E-state index contributed by atoms with van der Waals surface area (Å²) >= 11 is 0. The standard InChI is InChI=1S/C17H36N2O/c1-5-17(6-2,13-18-15(3)4)14-19-11-7-9-16(19)10-8-12-20/h15-16,18,20H,5-14H2,1-4H3. The quantitative estimate of drug-likeness (QED) is 0.647. The molecule has 1 atom stereocenters. The lowest BCUT2D eigenvalue weighted by Crippen LogP contribution is -2.46. The number of aliphatic hydroxyl groups excluding tert-OH is 1. The Morgan fingerprint density at radius 1 is 1.30 bits per heavy atom. The van der Waals surface area contributed by atoms with Crippen molar-refractivity contribution in [2.75, 3.05) is 26.2 Å². The molecule has 1 rings (SSSR count). The predicted molar refractivity (Wildman–Crippen MR) is 87.1 cm³/mol. The van der Waals surface area contributed by atoms with Crippen LogP contribution in [0.4, 0.5) is 0 Å². The van der Waals surface area contributed by atoms with E-state index in [0.29, 0.717) is 24.1 Å². The SMILES string of the molecule is CCC(CC)(CNC(C)C)CN1CCCC1CCCO. The normalized spacial score (nSPS) is 21.0. The van der Waals surface area contributed by atoms with Gasteiger partial charge in [0.15, 0.2) is 0 Å². The molecular weight excluding hydrogens is 248 g/mol. The highest BCUT2D eigenvalue weighted by molar-refractivity contribution is 4.88. The van der Waals surface area contributed by atoms with Gasteiger partial charge in [0.05, 0.1) is 0 Å². The third-order valence-electron chi connectivity index (χ3n) is 5.12. The van der Waals surface area contributed by atoms with Gasteiger partial charge in [-0.1, -0.05) is 27.7 Å². The van der Waals surface area contributed by atoms with E-state index < -0.39 is 0 Å². The Morgan fingerprint density at radius 2 is 2.00 bits per heavy atom.